The van der Waals surface area contributed by atoms with Gasteiger partial charge in [0.15, 0.2) is 5.03 Å². The van der Waals surface area contributed by atoms with Gasteiger partial charge >= 0.3 is 0 Å². The van der Waals surface area contributed by atoms with Gasteiger partial charge in [-0.25, -0.2) is 0 Å². The maximum absolute atomic E-state index is 12.2. The summed E-state index contributed by atoms with van der Waals surface area (Å²) in [5.41, 5.74) is 1.20. The Labute approximate surface area is 123 Å². The molecule has 0 fully saturated rings. The minimum absolute atomic E-state index is 0.0234. The van der Waals surface area contributed by atoms with Crippen molar-refractivity contribution in [3.63, 3.8) is 0 Å². The standard InChI is InChI=1S/C14H15N3O3S/c1-17-14(9-10-15-17)21(19,20)16-13-7-5-12(6-8-13)4-2-3-11-18/h5-10,16,18H,3,11H2,1H3. The summed E-state index contributed by atoms with van der Waals surface area (Å²) in [6, 6.07) is 8.13. The summed E-state index contributed by atoms with van der Waals surface area (Å²) in [6.07, 6.45) is 1.84. The Morgan fingerprint density at radius 3 is 2.57 bits per heavy atom. The molecule has 0 spiro atoms. The molecule has 2 aromatic rings. The Hall–Kier alpha value is -2.30. The molecule has 0 amide bonds. The number of sulfonamides is 1. The number of benzene rings is 1. The monoisotopic (exact) mass is 305 g/mol. The highest BCUT2D eigenvalue weighted by Gasteiger charge is 2.17. The van der Waals surface area contributed by atoms with Crippen LogP contribution in [0.1, 0.15) is 12.0 Å². The van der Waals surface area contributed by atoms with Crippen molar-refractivity contribution in [2.45, 2.75) is 11.4 Å². The molecule has 1 aromatic carbocycles. The van der Waals surface area contributed by atoms with E-state index < -0.39 is 10.0 Å². The Bertz CT molecular complexity index is 768. The van der Waals surface area contributed by atoms with Crippen LogP contribution in [-0.4, -0.2) is 29.9 Å². The second kappa shape index (κ2) is 6.43. The molecule has 0 aliphatic rings. The van der Waals surface area contributed by atoms with Crippen LogP contribution in [0.4, 0.5) is 5.69 Å². The van der Waals surface area contributed by atoms with Gasteiger partial charge in [0.2, 0.25) is 0 Å². The maximum Gasteiger partial charge on any atom is 0.279 e. The number of aryl methyl sites for hydroxylation is 1. The third kappa shape index (κ3) is 3.84. The van der Waals surface area contributed by atoms with Crippen LogP contribution in [0.5, 0.6) is 0 Å². The lowest BCUT2D eigenvalue weighted by Gasteiger charge is -2.07. The minimum Gasteiger partial charge on any atom is -0.395 e. The van der Waals surface area contributed by atoms with Gasteiger partial charge in [0, 0.05) is 24.7 Å². The Kier molecular flexibility index (Phi) is 4.62. The number of aliphatic hydroxyl groups excluding tert-OH is 1. The van der Waals surface area contributed by atoms with Crippen LogP contribution in [0.3, 0.4) is 0 Å². The first kappa shape index (κ1) is 15.1. The molecule has 1 heterocycles. The van der Waals surface area contributed by atoms with Crippen molar-refractivity contribution in [1.82, 2.24) is 9.78 Å². The molecule has 0 aliphatic carbocycles. The van der Waals surface area contributed by atoms with Crippen LogP contribution in [0.2, 0.25) is 0 Å². The molecular formula is C14H15N3O3S. The van der Waals surface area contributed by atoms with E-state index in [0.29, 0.717) is 12.1 Å². The highest BCUT2D eigenvalue weighted by molar-refractivity contribution is 7.92. The van der Waals surface area contributed by atoms with E-state index in [4.69, 9.17) is 5.11 Å². The first-order valence-electron chi connectivity index (χ1n) is 6.23. The third-order valence-corrected chi connectivity index (χ3v) is 4.11. The van der Waals surface area contributed by atoms with Crippen molar-refractivity contribution in [2.75, 3.05) is 11.3 Å². The van der Waals surface area contributed by atoms with Gasteiger partial charge in [-0.2, -0.15) is 13.5 Å². The number of aromatic nitrogens is 2. The van der Waals surface area contributed by atoms with Crippen LogP contribution in [0.25, 0.3) is 0 Å². The van der Waals surface area contributed by atoms with Gasteiger partial charge in [-0.1, -0.05) is 11.8 Å². The van der Waals surface area contributed by atoms with E-state index in [9.17, 15) is 8.42 Å². The van der Waals surface area contributed by atoms with E-state index in [-0.39, 0.29) is 11.6 Å². The lowest BCUT2D eigenvalue weighted by Crippen LogP contribution is -2.16. The fourth-order valence-electron chi connectivity index (χ4n) is 1.67. The average Bonchev–Trinajstić information content (AvgIpc) is 2.88. The van der Waals surface area contributed by atoms with Crippen LogP contribution in [-0.2, 0) is 17.1 Å². The van der Waals surface area contributed by atoms with Crippen molar-refractivity contribution < 1.29 is 13.5 Å². The Morgan fingerprint density at radius 1 is 1.29 bits per heavy atom. The number of rotatable bonds is 4. The molecule has 0 bridgehead atoms. The summed E-state index contributed by atoms with van der Waals surface area (Å²) >= 11 is 0. The van der Waals surface area contributed by atoms with Gasteiger partial charge in [0.05, 0.1) is 12.8 Å². The average molecular weight is 305 g/mol. The maximum atomic E-state index is 12.2. The van der Waals surface area contributed by atoms with Gasteiger partial charge in [-0.05, 0) is 30.3 Å². The molecular weight excluding hydrogens is 290 g/mol. The molecule has 7 heteroatoms. The largest absolute Gasteiger partial charge is 0.395 e. The minimum atomic E-state index is -3.65. The van der Waals surface area contributed by atoms with Crippen LogP contribution in [0.15, 0.2) is 41.6 Å². The Morgan fingerprint density at radius 2 is 2.00 bits per heavy atom. The summed E-state index contributed by atoms with van der Waals surface area (Å²) in [5.74, 6) is 5.67. The highest BCUT2D eigenvalue weighted by atomic mass is 32.2. The van der Waals surface area contributed by atoms with Crippen molar-refractivity contribution >= 4 is 15.7 Å². The lowest BCUT2D eigenvalue weighted by molar-refractivity contribution is 0.305. The van der Waals surface area contributed by atoms with Crippen LogP contribution < -0.4 is 4.72 Å². The topological polar surface area (TPSA) is 84.2 Å². The van der Waals surface area contributed by atoms with Gasteiger partial charge < -0.3 is 5.11 Å². The van der Waals surface area contributed by atoms with E-state index in [1.807, 2.05) is 0 Å². The second-order valence-electron chi connectivity index (χ2n) is 4.25. The van der Waals surface area contributed by atoms with Crippen molar-refractivity contribution in [1.29, 1.82) is 0 Å². The Balaban J connectivity index is 2.14. The number of anilines is 1. The molecule has 6 nitrogen and oxygen atoms in total. The molecule has 0 unspecified atom stereocenters. The number of hydrogen-bond acceptors (Lipinski definition) is 4. The third-order valence-electron chi connectivity index (χ3n) is 2.66. The van der Waals surface area contributed by atoms with Gasteiger partial charge in [0.1, 0.15) is 0 Å². The number of hydrogen-bond donors (Lipinski definition) is 2. The summed E-state index contributed by atoms with van der Waals surface area (Å²) in [4.78, 5) is 0. The van der Waals surface area contributed by atoms with E-state index >= 15 is 0 Å². The summed E-state index contributed by atoms with van der Waals surface area (Å²) in [6.45, 7) is 0.0234. The van der Waals surface area contributed by atoms with Crippen molar-refractivity contribution in [3.8, 4) is 11.8 Å². The van der Waals surface area contributed by atoms with Gasteiger partial charge in [0.25, 0.3) is 10.0 Å². The zero-order valence-electron chi connectivity index (χ0n) is 11.4. The van der Waals surface area contributed by atoms with E-state index in [0.717, 1.165) is 5.56 Å². The molecule has 0 atom stereocenters. The zero-order valence-corrected chi connectivity index (χ0v) is 12.3. The predicted molar refractivity (Wildman–Crippen MR) is 79.0 cm³/mol. The second-order valence-corrected chi connectivity index (χ2v) is 5.88. The highest BCUT2D eigenvalue weighted by Crippen LogP contribution is 2.15. The zero-order chi connectivity index (χ0) is 15.3. The quantitative estimate of drug-likeness (QED) is 0.824. The molecule has 21 heavy (non-hydrogen) atoms. The number of nitrogens with one attached hydrogen (secondary N) is 1. The molecule has 0 saturated carbocycles. The fourth-order valence-corrected chi connectivity index (χ4v) is 2.86. The van der Waals surface area contributed by atoms with Crippen LogP contribution >= 0.6 is 0 Å². The normalized spacial score (nSPS) is 10.8. The van der Waals surface area contributed by atoms with Crippen molar-refractivity contribution in [2.24, 2.45) is 7.05 Å². The summed E-state index contributed by atoms with van der Waals surface area (Å²) in [7, 11) is -2.09. The SMILES string of the molecule is Cn1nccc1S(=O)(=O)Nc1ccc(C#CCCO)cc1. The molecule has 110 valence electrons. The first-order chi connectivity index (χ1) is 10.0. The fraction of sp³-hybridized carbons (Fsp3) is 0.214. The first-order valence-corrected chi connectivity index (χ1v) is 7.72. The van der Waals surface area contributed by atoms with Crippen molar-refractivity contribution in [3.05, 3.63) is 42.1 Å². The van der Waals surface area contributed by atoms with Crippen LogP contribution in [0, 0.1) is 11.8 Å². The lowest BCUT2D eigenvalue weighted by atomic mass is 10.2. The molecule has 0 saturated heterocycles. The number of nitrogens with zero attached hydrogens (tertiary/aromatic N) is 2. The summed E-state index contributed by atoms with van der Waals surface area (Å²) in [5, 5.41) is 12.6. The van der Waals surface area contributed by atoms with E-state index in [1.165, 1.54) is 16.9 Å². The van der Waals surface area contributed by atoms with E-state index in [1.54, 1.807) is 31.3 Å². The smallest absolute Gasteiger partial charge is 0.279 e. The summed E-state index contributed by atoms with van der Waals surface area (Å²) < 4.78 is 28.1. The molecule has 0 aliphatic heterocycles. The molecule has 2 N–H and O–H groups in total. The van der Waals surface area contributed by atoms with E-state index in [2.05, 4.69) is 21.7 Å². The van der Waals surface area contributed by atoms with Gasteiger partial charge in [-0.3, -0.25) is 9.40 Å². The molecule has 0 radical (unpaired) electrons. The number of aliphatic hydroxyl groups is 1. The van der Waals surface area contributed by atoms with Gasteiger partial charge in [-0.15, -0.1) is 0 Å². The predicted octanol–water partition coefficient (Wildman–Crippen LogP) is 0.955. The molecule has 1 aromatic heterocycles. The molecule has 2 rings (SSSR count).